The van der Waals surface area contributed by atoms with Gasteiger partial charge in [-0.3, -0.25) is 19.8 Å². The Morgan fingerprint density at radius 1 is 1.11 bits per heavy atom. The van der Waals surface area contributed by atoms with Crippen LogP contribution in [0.4, 0.5) is 10.1 Å². The van der Waals surface area contributed by atoms with Crippen LogP contribution in [0.2, 0.25) is 0 Å². The Balaban J connectivity index is 1.80. The molecule has 1 aliphatic heterocycles. The molecule has 0 radical (unpaired) electrons. The number of benzene rings is 2. The molecule has 1 saturated heterocycles. The summed E-state index contributed by atoms with van der Waals surface area (Å²) >= 11 is 5.16. The molecule has 0 bridgehead atoms. The van der Waals surface area contributed by atoms with Gasteiger partial charge in [0, 0.05) is 29.2 Å². The van der Waals surface area contributed by atoms with E-state index in [2.05, 4.69) is 9.88 Å². The largest absolute Gasteiger partial charge is 0.347 e. The molecule has 2 aromatic carbocycles. The number of fused-ring (bicyclic) bond motifs is 1. The average Bonchev–Trinajstić information content (AvgIpc) is 3.04. The first-order valence-corrected chi connectivity index (χ1v) is 9.15. The number of thiocarbonyl (C=S) groups is 1. The third-order valence-corrected chi connectivity index (χ3v) is 4.93. The number of carbonyl (C=O) groups is 2. The van der Waals surface area contributed by atoms with Gasteiger partial charge in [-0.25, -0.2) is 4.39 Å². The summed E-state index contributed by atoms with van der Waals surface area (Å²) < 4.78 is 15.3. The van der Waals surface area contributed by atoms with Crippen molar-refractivity contribution in [1.82, 2.24) is 9.88 Å². The highest BCUT2D eigenvalue weighted by atomic mass is 32.1. The molecule has 2 heterocycles. The zero-order valence-electron chi connectivity index (χ0n) is 15.0. The first kappa shape index (κ1) is 18.1. The topological polar surface area (TPSA) is 54.3 Å². The number of amides is 2. The van der Waals surface area contributed by atoms with Gasteiger partial charge in [0.25, 0.3) is 11.8 Å². The van der Waals surface area contributed by atoms with Gasteiger partial charge in [0.2, 0.25) is 0 Å². The van der Waals surface area contributed by atoms with E-state index in [1.807, 2.05) is 37.4 Å². The van der Waals surface area contributed by atoms with E-state index in [0.29, 0.717) is 5.69 Å². The van der Waals surface area contributed by atoms with Crippen LogP contribution in [-0.2, 0) is 16.1 Å². The first-order valence-electron chi connectivity index (χ1n) is 8.74. The molecule has 5 nitrogen and oxygen atoms in total. The van der Waals surface area contributed by atoms with Crippen LogP contribution in [-0.4, -0.2) is 21.5 Å². The number of para-hydroxylation sites is 1. The molecule has 1 fully saturated rings. The number of rotatable bonds is 3. The van der Waals surface area contributed by atoms with Gasteiger partial charge in [0.1, 0.15) is 11.4 Å². The summed E-state index contributed by atoms with van der Waals surface area (Å²) in [5, 5.41) is 3.45. The fourth-order valence-electron chi connectivity index (χ4n) is 3.29. The van der Waals surface area contributed by atoms with Crippen molar-refractivity contribution in [2.45, 2.75) is 13.5 Å². The van der Waals surface area contributed by atoms with Crippen LogP contribution in [0, 0.1) is 5.82 Å². The summed E-state index contributed by atoms with van der Waals surface area (Å²) in [5.74, 6) is -1.53. The highest BCUT2D eigenvalue weighted by molar-refractivity contribution is 7.80. The number of aryl methyl sites for hydroxylation is 1. The predicted molar refractivity (Wildman–Crippen MR) is 110 cm³/mol. The molecule has 4 rings (SSSR count). The van der Waals surface area contributed by atoms with Crippen LogP contribution in [0.5, 0.6) is 0 Å². The van der Waals surface area contributed by atoms with Gasteiger partial charge in [-0.05, 0) is 55.5 Å². The average molecular weight is 393 g/mol. The molecule has 2 amide bonds. The van der Waals surface area contributed by atoms with Crippen molar-refractivity contribution in [3.8, 4) is 0 Å². The van der Waals surface area contributed by atoms with E-state index < -0.39 is 17.6 Å². The smallest absolute Gasteiger partial charge is 0.270 e. The second-order valence-corrected chi connectivity index (χ2v) is 6.71. The predicted octanol–water partition coefficient (Wildman–Crippen LogP) is 3.63. The molecule has 7 heteroatoms. The molecule has 3 aromatic rings. The fourth-order valence-corrected chi connectivity index (χ4v) is 3.57. The van der Waals surface area contributed by atoms with E-state index in [9.17, 15) is 14.0 Å². The number of halogens is 1. The molecule has 0 unspecified atom stereocenters. The zero-order chi connectivity index (χ0) is 19.8. The summed E-state index contributed by atoms with van der Waals surface area (Å²) in [6, 6.07) is 13.1. The number of hydrogen-bond acceptors (Lipinski definition) is 3. The molecular weight excluding hydrogens is 377 g/mol. The summed E-state index contributed by atoms with van der Waals surface area (Å²) in [7, 11) is 0. The lowest BCUT2D eigenvalue weighted by Gasteiger charge is -2.28. The third-order valence-electron chi connectivity index (χ3n) is 4.65. The molecule has 0 aliphatic carbocycles. The van der Waals surface area contributed by atoms with Gasteiger partial charge in [-0.15, -0.1) is 0 Å². The Hall–Kier alpha value is -3.32. The van der Waals surface area contributed by atoms with E-state index in [1.165, 1.54) is 29.2 Å². The molecule has 0 spiro atoms. The van der Waals surface area contributed by atoms with Gasteiger partial charge in [0.05, 0.1) is 5.69 Å². The maximum atomic E-state index is 13.2. The Morgan fingerprint density at radius 2 is 1.82 bits per heavy atom. The van der Waals surface area contributed by atoms with Crippen LogP contribution < -0.4 is 10.2 Å². The van der Waals surface area contributed by atoms with E-state index in [1.54, 1.807) is 6.08 Å². The van der Waals surface area contributed by atoms with Crippen molar-refractivity contribution in [3.05, 3.63) is 71.7 Å². The fraction of sp³-hybridized carbons (Fsp3) is 0.0952. The molecular formula is C21H16FN3O2S. The minimum atomic E-state index is -0.554. The van der Waals surface area contributed by atoms with Crippen LogP contribution in [0.25, 0.3) is 17.0 Å². The SMILES string of the molecule is CCn1cc(/C=C2/C(=O)NC(=S)N(c3ccc(F)cc3)C2=O)c2ccccc21. The monoisotopic (exact) mass is 393 g/mol. The van der Waals surface area contributed by atoms with Crippen molar-refractivity contribution in [1.29, 1.82) is 0 Å². The lowest BCUT2D eigenvalue weighted by atomic mass is 10.1. The number of hydrogen-bond donors (Lipinski definition) is 1. The number of nitrogens with one attached hydrogen (secondary N) is 1. The highest BCUT2D eigenvalue weighted by Crippen LogP contribution is 2.26. The Morgan fingerprint density at radius 3 is 2.54 bits per heavy atom. The number of aromatic nitrogens is 1. The number of nitrogens with zero attached hydrogens (tertiary/aromatic N) is 2. The summed E-state index contributed by atoms with van der Waals surface area (Å²) in [6.07, 6.45) is 3.48. The maximum Gasteiger partial charge on any atom is 0.270 e. The summed E-state index contributed by atoms with van der Waals surface area (Å²) in [5.41, 5.74) is 2.14. The quantitative estimate of drug-likeness (QED) is 0.420. The maximum absolute atomic E-state index is 13.2. The van der Waals surface area contributed by atoms with Crippen molar-refractivity contribution in [2.75, 3.05) is 4.90 Å². The van der Waals surface area contributed by atoms with Crippen LogP contribution in [0.15, 0.2) is 60.3 Å². The van der Waals surface area contributed by atoms with Crippen molar-refractivity contribution in [3.63, 3.8) is 0 Å². The van der Waals surface area contributed by atoms with E-state index in [0.717, 1.165) is 23.0 Å². The molecule has 0 atom stereocenters. The molecule has 28 heavy (non-hydrogen) atoms. The van der Waals surface area contributed by atoms with Gasteiger partial charge >= 0.3 is 0 Å². The van der Waals surface area contributed by atoms with Crippen molar-refractivity contribution < 1.29 is 14.0 Å². The molecule has 1 aromatic heterocycles. The van der Waals surface area contributed by atoms with Crippen LogP contribution >= 0.6 is 12.2 Å². The molecule has 1 aliphatic rings. The minimum absolute atomic E-state index is 0.0306. The van der Waals surface area contributed by atoms with Gasteiger partial charge in [0.15, 0.2) is 5.11 Å². The Bertz CT molecular complexity index is 1150. The second-order valence-electron chi connectivity index (χ2n) is 6.32. The van der Waals surface area contributed by atoms with Crippen LogP contribution in [0.1, 0.15) is 12.5 Å². The normalized spacial score (nSPS) is 16.1. The lowest BCUT2D eigenvalue weighted by molar-refractivity contribution is -0.122. The van der Waals surface area contributed by atoms with Gasteiger partial charge in [-0.1, -0.05) is 18.2 Å². The van der Waals surface area contributed by atoms with Crippen molar-refractivity contribution in [2.24, 2.45) is 0 Å². The van der Waals surface area contributed by atoms with Gasteiger partial charge < -0.3 is 4.57 Å². The van der Waals surface area contributed by atoms with Crippen LogP contribution in [0.3, 0.4) is 0 Å². The highest BCUT2D eigenvalue weighted by Gasteiger charge is 2.34. The summed E-state index contributed by atoms with van der Waals surface area (Å²) in [6.45, 7) is 2.78. The Kier molecular flexibility index (Phi) is 4.52. The Labute approximate surface area is 166 Å². The molecule has 0 saturated carbocycles. The first-order chi connectivity index (χ1) is 13.5. The van der Waals surface area contributed by atoms with Crippen molar-refractivity contribution >= 4 is 51.8 Å². The van der Waals surface area contributed by atoms with E-state index >= 15 is 0 Å². The zero-order valence-corrected chi connectivity index (χ0v) is 15.8. The molecule has 1 N–H and O–H groups in total. The summed E-state index contributed by atoms with van der Waals surface area (Å²) in [4.78, 5) is 26.7. The third kappa shape index (κ3) is 2.99. The van der Waals surface area contributed by atoms with E-state index in [-0.39, 0.29) is 10.7 Å². The van der Waals surface area contributed by atoms with Gasteiger partial charge in [-0.2, -0.15) is 0 Å². The molecule has 140 valence electrons. The minimum Gasteiger partial charge on any atom is -0.347 e. The van der Waals surface area contributed by atoms with E-state index in [4.69, 9.17) is 12.2 Å². The lowest BCUT2D eigenvalue weighted by Crippen LogP contribution is -2.54. The number of carbonyl (C=O) groups excluding carboxylic acids is 2. The second kappa shape index (κ2) is 7.01. The number of anilines is 1. The standard InChI is InChI=1S/C21H16FN3O2S/c1-2-24-12-13(16-5-3-4-6-18(16)24)11-17-19(26)23-21(28)25(20(17)27)15-9-7-14(22)8-10-15/h3-12H,2H2,1H3,(H,23,26,28)/b17-11-.